The van der Waals surface area contributed by atoms with Crippen LogP contribution < -0.4 is 11.1 Å². The number of benzene rings is 2. The molecule has 3 rings (SSSR count). The number of nitrogen functional groups attached to an aromatic ring is 1. The summed E-state index contributed by atoms with van der Waals surface area (Å²) in [7, 11) is 0. The van der Waals surface area contributed by atoms with Gasteiger partial charge in [0.25, 0.3) is 0 Å². The summed E-state index contributed by atoms with van der Waals surface area (Å²) in [6.45, 7) is 0. The number of anilines is 2. The number of amides is 1. The number of aliphatic hydroxyl groups is 1. The second kappa shape index (κ2) is 10.0. The molecule has 0 fully saturated rings. The van der Waals surface area contributed by atoms with Gasteiger partial charge in [0.15, 0.2) is 5.13 Å². The molecule has 0 radical (unpaired) electrons. The molecule has 1 aromatic heterocycles. The van der Waals surface area contributed by atoms with Gasteiger partial charge in [0, 0.05) is 16.5 Å². The average molecular weight is 402 g/mol. The Morgan fingerprint density at radius 1 is 1.25 bits per heavy atom. The Balaban J connectivity index is 1.58. The Bertz CT molecular complexity index is 1140. The van der Waals surface area contributed by atoms with Crippen molar-refractivity contribution >= 4 is 28.1 Å². The molecule has 28 heavy (non-hydrogen) atoms. The molecule has 5 nitrogen and oxygen atoms in total. The van der Waals surface area contributed by atoms with Crippen molar-refractivity contribution in [1.82, 2.24) is 4.98 Å². The fraction of sp³-hybridized carbons (Fsp3) is 0.273. The normalized spacial score (nSPS) is 17.2. The zero-order chi connectivity index (χ0) is 25.1. The summed E-state index contributed by atoms with van der Waals surface area (Å²) in [5.41, 5.74) is 6.58. The van der Waals surface area contributed by atoms with Crippen molar-refractivity contribution in [3.05, 3.63) is 76.8 Å². The van der Waals surface area contributed by atoms with Crippen LogP contribution in [0.4, 0.5) is 10.8 Å². The van der Waals surface area contributed by atoms with Gasteiger partial charge in [-0.25, -0.2) is 4.98 Å². The molecule has 0 bridgehead atoms. The highest BCUT2D eigenvalue weighted by Gasteiger charge is 2.08. The van der Waals surface area contributed by atoms with Gasteiger partial charge in [-0.3, -0.25) is 4.79 Å². The van der Waals surface area contributed by atoms with E-state index < -0.39 is 24.7 Å². The maximum absolute atomic E-state index is 12.4. The number of nitrogens with one attached hydrogen (secondary N) is 1. The van der Waals surface area contributed by atoms with Gasteiger partial charge in [-0.1, -0.05) is 48.9 Å². The number of rotatable bonds is 9. The summed E-state index contributed by atoms with van der Waals surface area (Å²) in [5, 5.41) is 12.8. The van der Waals surface area contributed by atoms with E-state index in [1.54, 1.807) is 42.5 Å². The first-order chi connectivity index (χ1) is 15.8. The number of thiazole rings is 1. The number of carbonyl (C=O) groups excluding carboxylic acids is 1. The zero-order valence-corrected chi connectivity index (χ0v) is 15.9. The Hall–Kier alpha value is -2.70. The van der Waals surface area contributed by atoms with E-state index in [-0.39, 0.29) is 28.2 Å². The lowest BCUT2D eigenvalue weighted by Gasteiger charge is -2.10. The third kappa shape index (κ3) is 6.18. The SMILES string of the molecule is [2H]c1sc(N)nc1C([2H])([2H])C(=O)Nc1ccc(CCCC([2H])([2H])[C@]([2H])(O)c2ccccc2)cc1. The molecule has 0 aliphatic rings. The quantitative estimate of drug-likeness (QED) is 0.497. The van der Waals surface area contributed by atoms with Gasteiger partial charge in [-0.2, -0.15) is 0 Å². The maximum atomic E-state index is 12.4. The van der Waals surface area contributed by atoms with Crippen LogP contribution in [0.25, 0.3) is 0 Å². The molecule has 0 unspecified atom stereocenters. The third-order valence-corrected chi connectivity index (χ3v) is 4.50. The zero-order valence-electron chi connectivity index (χ0n) is 21.1. The second-order valence-corrected chi connectivity index (χ2v) is 6.85. The van der Waals surface area contributed by atoms with Crippen LogP contribution in [-0.2, 0) is 17.6 Å². The predicted molar refractivity (Wildman–Crippen MR) is 114 cm³/mol. The van der Waals surface area contributed by atoms with E-state index in [4.69, 9.17) is 14.0 Å². The Kier molecular flexibility index (Phi) is 4.82. The largest absolute Gasteiger partial charge is 0.388 e. The van der Waals surface area contributed by atoms with Gasteiger partial charge in [0.1, 0.15) is 0 Å². The summed E-state index contributed by atoms with van der Waals surface area (Å²) in [6.07, 6.45) is -6.23. The van der Waals surface area contributed by atoms with Gasteiger partial charge in [0.05, 0.1) is 20.9 Å². The second-order valence-electron chi connectivity index (χ2n) is 6.02. The van der Waals surface area contributed by atoms with E-state index in [0.717, 1.165) is 16.9 Å². The summed E-state index contributed by atoms with van der Waals surface area (Å²) in [5.74, 6) is -0.970. The maximum Gasteiger partial charge on any atom is 0.230 e. The molecule has 146 valence electrons. The number of hydrogen-bond donors (Lipinski definition) is 3. The van der Waals surface area contributed by atoms with Gasteiger partial charge < -0.3 is 16.2 Å². The molecule has 1 atom stereocenters. The van der Waals surface area contributed by atoms with Crippen LogP contribution in [0.1, 0.15) is 50.3 Å². The number of carbonyl (C=O) groups is 1. The van der Waals surface area contributed by atoms with Crippen molar-refractivity contribution in [2.75, 3.05) is 11.1 Å². The van der Waals surface area contributed by atoms with Gasteiger partial charge in [0.2, 0.25) is 5.91 Å². The summed E-state index contributed by atoms with van der Waals surface area (Å²) >= 11 is 0.790. The Morgan fingerprint density at radius 3 is 2.68 bits per heavy atom. The fourth-order valence-corrected chi connectivity index (χ4v) is 2.97. The molecule has 6 heteroatoms. The highest BCUT2D eigenvalue weighted by molar-refractivity contribution is 7.13. The van der Waals surface area contributed by atoms with Gasteiger partial charge in [-0.15, -0.1) is 11.3 Å². The topological polar surface area (TPSA) is 88.2 Å². The van der Waals surface area contributed by atoms with Crippen LogP contribution in [0, 0.1) is 0 Å². The van der Waals surface area contributed by atoms with Crippen LogP contribution in [0.3, 0.4) is 0 Å². The number of aryl methyl sites for hydroxylation is 1. The van der Waals surface area contributed by atoms with Crippen LogP contribution in [0.5, 0.6) is 0 Å². The Morgan fingerprint density at radius 2 is 2.00 bits per heavy atom. The summed E-state index contributed by atoms with van der Waals surface area (Å²) in [6, 6.07) is 14.7. The van der Waals surface area contributed by atoms with E-state index in [1.165, 1.54) is 12.1 Å². The van der Waals surface area contributed by atoms with Crippen molar-refractivity contribution < 1.29 is 18.1 Å². The lowest BCUT2D eigenvalue weighted by atomic mass is 10.0. The van der Waals surface area contributed by atoms with Crippen LogP contribution in [0.2, 0.25) is 0 Å². The molecular formula is C22H25N3O2S. The minimum atomic E-state index is -2.53. The van der Waals surface area contributed by atoms with E-state index >= 15 is 0 Å². The van der Waals surface area contributed by atoms with Crippen molar-refractivity contribution in [3.8, 4) is 0 Å². The highest BCUT2D eigenvalue weighted by atomic mass is 32.1. The van der Waals surface area contributed by atoms with E-state index in [1.807, 2.05) is 0 Å². The third-order valence-electron chi connectivity index (χ3n) is 3.90. The molecule has 0 spiro atoms. The molecule has 4 N–H and O–H groups in total. The molecule has 1 amide bonds. The number of nitrogens with zero attached hydrogens (tertiary/aromatic N) is 1. The predicted octanol–water partition coefficient (Wildman–Crippen LogP) is 4.35. The molecule has 0 aliphatic heterocycles. The number of aromatic nitrogens is 1. The first-order valence-electron chi connectivity index (χ1n) is 11.8. The monoisotopic (exact) mass is 401 g/mol. The standard InChI is InChI=1S/C22H25N3O2S/c23-22-25-19(15-28-22)14-21(27)24-18-12-10-16(11-13-18)6-4-5-9-20(26)17-7-2-1-3-8-17/h1-3,7-8,10-13,15,20,26H,4-6,9,14H2,(H2,23,25)(H,24,27)/t20-/m0/s1/i9D2,14D2,15D,20D. The van der Waals surface area contributed by atoms with Crippen LogP contribution in [-0.4, -0.2) is 16.0 Å². The minimum Gasteiger partial charge on any atom is -0.388 e. The number of hydrogen-bond acceptors (Lipinski definition) is 5. The molecule has 0 saturated carbocycles. The van der Waals surface area contributed by atoms with Gasteiger partial charge in [-0.05, 0) is 42.5 Å². The smallest absolute Gasteiger partial charge is 0.230 e. The number of nitrogens with two attached hydrogens (primary N) is 1. The Labute approximate surface area is 177 Å². The van der Waals surface area contributed by atoms with Crippen molar-refractivity contribution in [2.24, 2.45) is 0 Å². The lowest BCUT2D eigenvalue weighted by molar-refractivity contribution is -0.115. The average Bonchev–Trinajstić information content (AvgIpc) is 3.14. The van der Waals surface area contributed by atoms with Crippen molar-refractivity contribution in [3.63, 3.8) is 0 Å². The van der Waals surface area contributed by atoms with Crippen LogP contribution in [0.15, 0.2) is 60.0 Å². The van der Waals surface area contributed by atoms with E-state index in [0.29, 0.717) is 18.5 Å². The molecule has 1 heterocycles. The first kappa shape index (κ1) is 13.5. The van der Waals surface area contributed by atoms with Crippen molar-refractivity contribution in [1.29, 1.82) is 0 Å². The molecule has 0 saturated heterocycles. The van der Waals surface area contributed by atoms with E-state index in [9.17, 15) is 9.90 Å². The van der Waals surface area contributed by atoms with Crippen LogP contribution >= 0.6 is 11.3 Å². The van der Waals surface area contributed by atoms with E-state index in [2.05, 4.69) is 10.3 Å². The first-order valence-corrected chi connectivity index (χ1v) is 9.58. The minimum absolute atomic E-state index is 0.0121. The highest BCUT2D eigenvalue weighted by Crippen LogP contribution is 2.20. The van der Waals surface area contributed by atoms with Crippen molar-refractivity contribution in [2.45, 2.75) is 38.1 Å². The molecule has 2 aromatic carbocycles. The summed E-state index contributed by atoms with van der Waals surface area (Å²) < 4.78 is 48.4. The van der Waals surface area contributed by atoms with Gasteiger partial charge >= 0.3 is 0 Å². The fourth-order valence-electron chi connectivity index (χ4n) is 2.53. The molecular weight excluding hydrogens is 370 g/mol. The lowest BCUT2D eigenvalue weighted by Crippen LogP contribution is -2.14. The summed E-state index contributed by atoms with van der Waals surface area (Å²) in [4.78, 5) is 16.2. The molecule has 3 aromatic rings. The molecule has 0 aliphatic carbocycles.